The molecule has 1 aliphatic heterocycles. The second-order valence-corrected chi connectivity index (χ2v) is 8.70. The summed E-state index contributed by atoms with van der Waals surface area (Å²) in [6.45, 7) is 1.81. The van der Waals surface area contributed by atoms with Gasteiger partial charge in [0.05, 0.1) is 10.9 Å². The second-order valence-electron chi connectivity index (χ2n) is 7.14. The van der Waals surface area contributed by atoms with Gasteiger partial charge in [-0.15, -0.1) is 0 Å². The molecule has 2 aromatic carbocycles. The van der Waals surface area contributed by atoms with E-state index < -0.39 is 10.0 Å². The maximum absolute atomic E-state index is 13.1. The Morgan fingerprint density at radius 1 is 1.14 bits per heavy atom. The molecule has 0 bridgehead atoms. The van der Waals surface area contributed by atoms with Crippen molar-refractivity contribution >= 4 is 15.9 Å². The largest absolute Gasteiger partial charge is 0.340 e. The van der Waals surface area contributed by atoms with Gasteiger partial charge in [0.2, 0.25) is 15.9 Å². The van der Waals surface area contributed by atoms with Crippen LogP contribution in [0, 0.1) is 5.82 Å². The van der Waals surface area contributed by atoms with Crippen LogP contribution in [0.1, 0.15) is 24.0 Å². The Morgan fingerprint density at radius 2 is 1.75 bits per heavy atom. The molecule has 1 heterocycles. The van der Waals surface area contributed by atoms with Gasteiger partial charge in [0.1, 0.15) is 5.82 Å². The van der Waals surface area contributed by atoms with Crippen molar-refractivity contribution in [2.24, 2.45) is 5.14 Å². The highest BCUT2D eigenvalue weighted by Crippen LogP contribution is 2.22. The van der Waals surface area contributed by atoms with Crippen molar-refractivity contribution in [1.29, 1.82) is 0 Å². The molecule has 1 unspecified atom stereocenters. The quantitative estimate of drug-likeness (QED) is 0.798. The highest BCUT2D eigenvalue weighted by molar-refractivity contribution is 7.89. The maximum atomic E-state index is 13.1. The molecule has 0 saturated carbocycles. The van der Waals surface area contributed by atoms with Crippen molar-refractivity contribution in [3.05, 3.63) is 65.5 Å². The summed E-state index contributed by atoms with van der Waals surface area (Å²) in [4.78, 5) is 16.8. The fraction of sp³-hybridized carbons (Fsp3) is 0.350. The number of benzene rings is 2. The van der Waals surface area contributed by atoms with Crippen LogP contribution in [-0.2, 0) is 27.9 Å². The van der Waals surface area contributed by atoms with Crippen molar-refractivity contribution in [3.8, 4) is 0 Å². The van der Waals surface area contributed by atoms with E-state index >= 15 is 0 Å². The van der Waals surface area contributed by atoms with Crippen molar-refractivity contribution < 1.29 is 17.6 Å². The molecule has 1 atom stereocenters. The Labute approximate surface area is 164 Å². The van der Waals surface area contributed by atoms with E-state index in [2.05, 4.69) is 4.90 Å². The lowest BCUT2D eigenvalue weighted by Gasteiger charge is -2.28. The number of carbonyl (C=O) groups is 1. The first kappa shape index (κ1) is 20.4. The molecule has 0 spiro atoms. The summed E-state index contributed by atoms with van der Waals surface area (Å²) >= 11 is 0. The number of nitrogens with zero attached hydrogens (tertiary/aromatic N) is 2. The second kappa shape index (κ2) is 8.38. The molecule has 0 radical (unpaired) electrons. The first-order valence-corrected chi connectivity index (χ1v) is 10.6. The number of nitrogens with two attached hydrogens (primary N) is 1. The number of primary sulfonamides is 1. The van der Waals surface area contributed by atoms with Gasteiger partial charge in [-0.25, -0.2) is 17.9 Å². The van der Waals surface area contributed by atoms with E-state index in [4.69, 9.17) is 5.14 Å². The molecule has 3 rings (SSSR count). The minimum atomic E-state index is -3.73. The number of carbonyl (C=O) groups excluding carboxylic acids is 1. The third kappa shape index (κ3) is 4.95. The summed E-state index contributed by atoms with van der Waals surface area (Å²) in [5, 5.41) is 5.11. The van der Waals surface area contributed by atoms with Crippen molar-refractivity contribution in [2.45, 2.75) is 36.9 Å². The van der Waals surface area contributed by atoms with Gasteiger partial charge in [0.15, 0.2) is 0 Å². The molecular weight excluding hydrogens is 381 g/mol. The monoisotopic (exact) mass is 405 g/mol. The number of amides is 1. The minimum absolute atomic E-state index is 0.0233. The summed E-state index contributed by atoms with van der Waals surface area (Å²) in [5.41, 5.74) is 1.80. The number of rotatable bonds is 6. The smallest absolute Gasteiger partial charge is 0.239 e. The molecule has 0 aromatic heterocycles. The minimum Gasteiger partial charge on any atom is -0.340 e. The van der Waals surface area contributed by atoms with Crippen LogP contribution < -0.4 is 5.14 Å². The summed E-state index contributed by atoms with van der Waals surface area (Å²) in [6, 6.07) is 12.3. The van der Waals surface area contributed by atoms with E-state index in [1.54, 1.807) is 36.2 Å². The van der Waals surface area contributed by atoms with Crippen LogP contribution in [0.25, 0.3) is 0 Å². The first-order chi connectivity index (χ1) is 13.2. The summed E-state index contributed by atoms with van der Waals surface area (Å²) in [6.07, 6.45) is 1.73. The van der Waals surface area contributed by atoms with Gasteiger partial charge < -0.3 is 4.90 Å². The average molecular weight is 405 g/mol. The lowest BCUT2D eigenvalue weighted by molar-refractivity contribution is -0.135. The number of likely N-dealkylation sites (tertiary alicyclic amines) is 1. The predicted molar refractivity (Wildman–Crippen MR) is 104 cm³/mol. The van der Waals surface area contributed by atoms with Gasteiger partial charge in [0, 0.05) is 20.1 Å². The third-order valence-electron chi connectivity index (χ3n) is 5.00. The fourth-order valence-corrected chi connectivity index (χ4v) is 4.03. The maximum Gasteiger partial charge on any atom is 0.239 e. The third-order valence-corrected chi connectivity index (χ3v) is 5.92. The van der Waals surface area contributed by atoms with E-state index in [-0.39, 0.29) is 22.7 Å². The fourth-order valence-electron chi connectivity index (χ4n) is 3.51. The highest BCUT2D eigenvalue weighted by atomic mass is 32.2. The standard InChI is InChI=1S/C20H24FN3O3S/c1-23(13-15-6-10-18(11-7-15)28(22,26)27)20(25)19-3-2-12-24(19)14-16-4-8-17(21)9-5-16/h4-11,19H,2-3,12-14H2,1H3,(H2,22,26,27). The van der Waals surface area contributed by atoms with Gasteiger partial charge in [-0.3, -0.25) is 9.69 Å². The van der Waals surface area contributed by atoms with Gasteiger partial charge in [0.25, 0.3) is 0 Å². The molecule has 1 saturated heterocycles. The van der Waals surface area contributed by atoms with E-state index in [1.165, 1.54) is 24.3 Å². The molecule has 28 heavy (non-hydrogen) atoms. The van der Waals surface area contributed by atoms with Crippen LogP contribution >= 0.6 is 0 Å². The van der Waals surface area contributed by atoms with E-state index in [9.17, 15) is 17.6 Å². The summed E-state index contributed by atoms with van der Waals surface area (Å²) in [7, 11) is -1.99. The molecule has 1 amide bonds. The number of sulfonamides is 1. The van der Waals surface area contributed by atoms with Crippen LogP contribution in [-0.4, -0.2) is 43.8 Å². The van der Waals surface area contributed by atoms with Gasteiger partial charge in [-0.2, -0.15) is 0 Å². The zero-order valence-electron chi connectivity index (χ0n) is 15.7. The predicted octanol–water partition coefficient (Wildman–Crippen LogP) is 2.10. The van der Waals surface area contributed by atoms with Crippen LogP contribution in [0.4, 0.5) is 4.39 Å². The van der Waals surface area contributed by atoms with Crippen LogP contribution in [0.5, 0.6) is 0 Å². The summed E-state index contributed by atoms with van der Waals surface area (Å²) < 4.78 is 35.8. The van der Waals surface area contributed by atoms with Gasteiger partial charge in [-0.05, 0) is 54.8 Å². The Morgan fingerprint density at radius 3 is 2.36 bits per heavy atom. The normalized spacial score (nSPS) is 17.6. The molecule has 8 heteroatoms. The van der Waals surface area contributed by atoms with Crippen molar-refractivity contribution in [1.82, 2.24) is 9.80 Å². The first-order valence-electron chi connectivity index (χ1n) is 9.09. The molecular formula is C20H24FN3O3S. The molecule has 1 fully saturated rings. The highest BCUT2D eigenvalue weighted by Gasteiger charge is 2.32. The Hall–Kier alpha value is -2.29. The lowest BCUT2D eigenvalue weighted by Crippen LogP contribution is -2.43. The average Bonchev–Trinajstić information content (AvgIpc) is 3.10. The topological polar surface area (TPSA) is 83.7 Å². The Bertz CT molecular complexity index is 930. The SMILES string of the molecule is CN(Cc1ccc(S(N)(=O)=O)cc1)C(=O)C1CCCN1Cc1ccc(F)cc1. The Balaban J connectivity index is 1.63. The van der Waals surface area contributed by atoms with Crippen molar-refractivity contribution in [2.75, 3.05) is 13.6 Å². The summed E-state index contributed by atoms with van der Waals surface area (Å²) in [5.74, 6) is -0.249. The lowest BCUT2D eigenvalue weighted by atomic mass is 10.1. The molecule has 2 aromatic rings. The molecule has 150 valence electrons. The van der Waals surface area contributed by atoms with Gasteiger partial charge >= 0.3 is 0 Å². The van der Waals surface area contributed by atoms with E-state index in [1.807, 2.05) is 0 Å². The van der Waals surface area contributed by atoms with E-state index in [0.29, 0.717) is 13.1 Å². The van der Waals surface area contributed by atoms with Crippen LogP contribution in [0.15, 0.2) is 53.4 Å². The zero-order valence-corrected chi connectivity index (χ0v) is 16.5. The number of halogens is 1. The van der Waals surface area contributed by atoms with Crippen LogP contribution in [0.2, 0.25) is 0 Å². The zero-order chi connectivity index (χ0) is 20.3. The number of likely N-dealkylation sites (N-methyl/N-ethyl adjacent to an activating group) is 1. The van der Waals surface area contributed by atoms with Crippen molar-refractivity contribution in [3.63, 3.8) is 0 Å². The molecule has 1 aliphatic rings. The molecule has 0 aliphatic carbocycles. The number of hydrogen-bond donors (Lipinski definition) is 1. The number of hydrogen-bond acceptors (Lipinski definition) is 4. The Kier molecular flexibility index (Phi) is 6.12. The van der Waals surface area contributed by atoms with Crippen LogP contribution in [0.3, 0.4) is 0 Å². The molecule has 2 N–H and O–H groups in total. The van der Waals surface area contributed by atoms with E-state index in [0.717, 1.165) is 30.5 Å². The van der Waals surface area contributed by atoms with Gasteiger partial charge in [-0.1, -0.05) is 24.3 Å². The molecule has 6 nitrogen and oxygen atoms in total.